The number of hydrogen-bond donors (Lipinski definition) is 0. The van der Waals surface area contributed by atoms with Gasteiger partial charge in [-0.3, -0.25) is 0 Å². The zero-order valence-corrected chi connectivity index (χ0v) is 14.6. The highest BCUT2D eigenvalue weighted by atomic mass is 79.9. The molecule has 2 nitrogen and oxygen atoms in total. The molecule has 1 heterocycles. The van der Waals surface area contributed by atoms with Gasteiger partial charge in [0.05, 0.1) is 15.1 Å². The summed E-state index contributed by atoms with van der Waals surface area (Å²) < 4.78 is 11.9. The molecule has 1 aliphatic rings. The Morgan fingerprint density at radius 1 is 0.650 bits per heavy atom. The predicted molar refractivity (Wildman–Crippen MR) is 85.8 cm³/mol. The molecule has 0 bridgehead atoms. The van der Waals surface area contributed by atoms with E-state index in [-0.39, 0.29) is 38.1 Å². The van der Waals surface area contributed by atoms with Gasteiger partial charge in [-0.05, 0) is 28.1 Å². The van der Waals surface area contributed by atoms with Crippen LogP contribution in [0.25, 0.3) is 0 Å². The fourth-order valence-corrected chi connectivity index (χ4v) is 3.31. The van der Waals surface area contributed by atoms with Crippen LogP contribution in [-0.4, -0.2) is 0 Å². The van der Waals surface area contributed by atoms with Gasteiger partial charge in [0.1, 0.15) is 10.0 Å². The maximum absolute atomic E-state index is 6.16. The van der Waals surface area contributed by atoms with E-state index < -0.39 is 0 Å². The van der Waals surface area contributed by atoms with E-state index in [1.807, 2.05) is 0 Å². The number of rotatable bonds is 0. The van der Waals surface area contributed by atoms with Crippen molar-refractivity contribution >= 4 is 73.9 Å². The molecule has 0 fully saturated rings. The Morgan fingerprint density at radius 2 is 1.15 bits per heavy atom. The molecule has 104 valence electrons. The highest BCUT2D eigenvalue weighted by molar-refractivity contribution is 9.10. The van der Waals surface area contributed by atoms with Crippen LogP contribution in [0.5, 0.6) is 23.0 Å². The van der Waals surface area contributed by atoms with Crippen LogP contribution in [0.2, 0.25) is 25.1 Å². The molecule has 2 aromatic carbocycles. The molecular weight excluding hydrogens is 433 g/mol. The Kier molecular flexibility index (Phi) is 3.95. The molecule has 0 amide bonds. The third-order valence-electron chi connectivity index (χ3n) is 2.58. The van der Waals surface area contributed by atoms with E-state index in [0.717, 1.165) is 0 Å². The highest BCUT2D eigenvalue weighted by Crippen LogP contribution is 2.58. The molecule has 0 aliphatic carbocycles. The Labute approximate surface area is 147 Å². The topological polar surface area (TPSA) is 18.5 Å². The molecule has 20 heavy (non-hydrogen) atoms. The summed E-state index contributed by atoms with van der Waals surface area (Å²) in [5.41, 5.74) is 0. The summed E-state index contributed by atoms with van der Waals surface area (Å²) >= 11 is 33.7. The molecule has 1 aliphatic heterocycles. The summed E-state index contributed by atoms with van der Waals surface area (Å²) in [7, 11) is 0. The summed E-state index contributed by atoms with van der Waals surface area (Å²) in [6.07, 6.45) is 0. The molecule has 8 heteroatoms. The van der Waals surface area contributed by atoms with Crippen LogP contribution in [0.3, 0.4) is 0 Å². The lowest BCUT2D eigenvalue weighted by molar-refractivity contribution is 0.360. The van der Waals surface area contributed by atoms with Crippen molar-refractivity contribution in [3.05, 3.63) is 41.7 Å². The van der Waals surface area contributed by atoms with Gasteiger partial charge in [-0.2, -0.15) is 0 Å². The van der Waals surface area contributed by atoms with Gasteiger partial charge in [-0.25, -0.2) is 0 Å². The minimum Gasteiger partial charge on any atom is -0.446 e. The third-order valence-corrected chi connectivity index (χ3v) is 5.14. The number of ether oxygens (including phenoxy) is 2. The zero-order chi connectivity index (χ0) is 14.6. The first-order chi connectivity index (χ1) is 9.40. The number of halogens is 6. The second-order valence-electron chi connectivity index (χ2n) is 3.83. The van der Waals surface area contributed by atoms with Crippen LogP contribution in [0.15, 0.2) is 16.6 Å². The molecule has 2 aromatic rings. The molecule has 0 N–H and O–H groups in total. The van der Waals surface area contributed by atoms with Gasteiger partial charge in [-0.1, -0.05) is 58.0 Å². The Morgan fingerprint density at radius 3 is 1.80 bits per heavy atom. The Bertz CT molecular complexity index is 686. The van der Waals surface area contributed by atoms with Crippen molar-refractivity contribution in [2.75, 3.05) is 0 Å². The van der Waals surface area contributed by atoms with Crippen molar-refractivity contribution in [3.63, 3.8) is 0 Å². The number of fused-ring (bicyclic) bond motifs is 2. The maximum Gasteiger partial charge on any atom is 0.191 e. The van der Waals surface area contributed by atoms with E-state index in [4.69, 9.17) is 67.5 Å². The molecule has 0 radical (unpaired) electrons. The molecule has 0 saturated heterocycles. The van der Waals surface area contributed by atoms with Crippen molar-refractivity contribution in [2.24, 2.45) is 0 Å². The summed E-state index contributed by atoms with van der Waals surface area (Å²) in [5.74, 6) is 0.966. The normalized spacial score (nSPS) is 12.3. The minimum atomic E-state index is 0.184. The zero-order valence-electron chi connectivity index (χ0n) is 9.24. The van der Waals surface area contributed by atoms with E-state index in [0.29, 0.717) is 14.5 Å². The molecule has 0 saturated carbocycles. The van der Waals surface area contributed by atoms with Gasteiger partial charge < -0.3 is 9.47 Å². The summed E-state index contributed by atoms with van der Waals surface area (Å²) in [4.78, 5) is 0. The molecule has 3 rings (SSSR count). The average molecular weight is 435 g/mol. The molecule has 0 spiro atoms. The van der Waals surface area contributed by atoms with E-state index in [1.165, 1.54) is 6.07 Å². The third kappa shape index (κ3) is 2.25. The lowest BCUT2D eigenvalue weighted by Crippen LogP contribution is -2.02. The van der Waals surface area contributed by atoms with Crippen molar-refractivity contribution in [1.82, 2.24) is 0 Å². The van der Waals surface area contributed by atoms with E-state index in [2.05, 4.69) is 15.9 Å². The molecule has 0 atom stereocenters. The van der Waals surface area contributed by atoms with Crippen LogP contribution < -0.4 is 9.47 Å². The van der Waals surface area contributed by atoms with Gasteiger partial charge in [0, 0.05) is 4.47 Å². The van der Waals surface area contributed by atoms with Gasteiger partial charge in [-0.15, -0.1) is 0 Å². The average Bonchev–Trinajstić information content (AvgIpc) is 2.41. The largest absolute Gasteiger partial charge is 0.446 e. The van der Waals surface area contributed by atoms with Gasteiger partial charge in [0.25, 0.3) is 0 Å². The second kappa shape index (κ2) is 5.31. The van der Waals surface area contributed by atoms with E-state index in [9.17, 15) is 0 Å². The van der Waals surface area contributed by atoms with Gasteiger partial charge >= 0.3 is 0 Å². The monoisotopic (exact) mass is 432 g/mol. The molecule has 0 aromatic heterocycles. The SMILES string of the molecule is Clc1cc(Cl)c2c(c1Cl)Oc1c(Cl)c(Br)cc(Cl)c1O2. The highest BCUT2D eigenvalue weighted by Gasteiger charge is 2.30. The Balaban J connectivity index is 2.27. The first-order valence-electron chi connectivity index (χ1n) is 5.11. The number of hydrogen-bond acceptors (Lipinski definition) is 2. The van der Waals surface area contributed by atoms with E-state index in [1.54, 1.807) is 6.07 Å². The fraction of sp³-hybridized carbons (Fsp3) is 0. The first kappa shape index (κ1) is 14.9. The van der Waals surface area contributed by atoms with Crippen LogP contribution in [-0.2, 0) is 0 Å². The van der Waals surface area contributed by atoms with Crippen molar-refractivity contribution in [2.45, 2.75) is 0 Å². The lowest BCUT2D eigenvalue weighted by atomic mass is 10.2. The molecule has 0 unspecified atom stereocenters. The predicted octanol–water partition coefficient (Wildman–Crippen LogP) is 7.61. The van der Waals surface area contributed by atoms with Crippen LogP contribution >= 0.6 is 73.9 Å². The summed E-state index contributed by atoms with van der Waals surface area (Å²) in [6, 6.07) is 3.06. The first-order valence-corrected chi connectivity index (χ1v) is 7.79. The smallest absolute Gasteiger partial charge is 0.191 e. The van der Waals surface area contributed by atoms with Crippen molar-refractivity contribution in [3.8, 4) is 23.0 Å². The van der Waals surface area contributed by atoms with E-state index >= 15 is 0 Å². The minimum absolute atomic E-state index is 0.184. The molecular formula is C12H2BrCl5O2. The fourth-order valence-electron chi connectivity index (χ4n) is 1.69. The maximum atomic E-state index is 6.16. The van der Waals surface area contributed by atoms with Crippen molar-refractivity contribution in [1.29, 1.82) is 0 Å². The summed E-state index contributed by atoms with van der Waals surface area (Å²) in [5, 5.41) is 1.32. The number of benzene rings is 2. The van der Waals surface area contributed by atoms with Gasteiger partial charge in [0.2, 0.25) is 0 Å². The lowest BCUT2D eigenvalue weighted by Gasteiger charge is -2.24. The van der Waals surface area contributed by atoms with Crippen LogP contribution in [0, 0.1) is 0 Å². The van der Waals surface area contributed by atoms with Gasteiger partial charge in [0.15, 0.2) is 23.0 Å². The standard InChI is InChI=1S/C12H2BrCl5O2/c13-3-1-5(15)9-11(7(3)17)20-12-8(18)4(14)2-6(16)10(12)19-9/h1-2H. The summed E-state index contributed by atoms with van der Waals surface area (Å²) in [6.45, 7) is 0. The quantitative estimate of drug-likeness (QED) is 0.338. The second-order valence-corrected chi connectivity index (χ2v) is 6.66. The van der Waals surface area contributed by atoms with Crippen LogP contribution in [0.4, 0.5) is 0 Å². The Hall–Kier alpha value is -0.0300. The van der Waals surface area contributed by atoms with Crippen molar-refractivity contribution < 1.29 is 9.47 Å². The van der Waals surface area contributed by atoms with Crippen LogP contribution in [0.1, 0.15) is 0 Å².